The van der Waals surface area contributed by atoms with Crippen LogP contribution in [0.4, 0.5) is 14.5 Å². The highest BCUT2D eigenvalue weighted by Crippen LogP contribution is 2.35. The van der Waals surface area contributed by atoms with Crippen LogP contribution in [-0.4, -0.2) is 87.5 Å². The number of aromatic nitrogens is 1. The van der Waals surface area contributed by atoms with Crippen molar-refractivity contribution in [3.05, 3.63) is 59.4 Å². The van der Waals surface area contributed by atoms with Crippen LogP contribution in [0.5, 0.6) is 0 Å². The van der Waals surface area contributed by atoms with E-state index in [1.807, 2.05) is 13.8 Å². The van der Waals surface area contributed by atoms with E-state index in [4.69, 9.17) is 10.5 Å². The van der Waals surface area contributed by atoms with Crippen molar-refractivity contribution in [2.24, 2.45) is 16.6 Å². The standard InChI is InChI=1S/C31H42F2N6O4S/c1-5-26(24-14-22(7-8-25(24)33)36-28(17-40)27-9-6-21(32)15-35-27)37-30(34)38(3)29(18-41)44(42)31(2)10-11-39(19-31)16-20-12-23(13-20)43-4/h6-9,14-15,17-18,20,23,26,28-29,36H,5,10-13,16,19H2,1-4H3,(H2,34,37). The molecule has 0 spiro atoms. The summed E-state index contributed by atoms with van der Waals surface area (Å²) in [6, 6.07) is 5.24. The van der Waals surface area contributed by atoms with Gasteiger partial charge in [0.05, 0.1) is 39.6 Å². The normalized spacial score (nSPS) is 25.0. The van der Waals surface area contributed by atoms with Gasteiger partial charge in [-0.2, -0.15) is 0 Å². The van der Waals surface area contributed by atoms with Crippen molar-refractivity contribution >= 4 is 35.0 Å². The fraction of sp³-hybridized carbons (Fsp3) is 0.548. The summed E-state index contributed by atoms with van der Waals surface area (Å²) in [6.45, 7) is 6.09. The Morgan fingerprint density at radius 1 is 1.30 bits per heavy atom. The van der Waals surface area contributed by atoms with Gasteiger partial charge in [-0.15, -0.1) is 0 Å². The highest BCUT2D eigenvalue weighted by Gasteiger charge is 2.45. The van der Waals surface area contributed by atoms with Crippen LogP contribution in [0.15, 0.2) is 41.5 Å². The number of pyridine rings is 1. The lowest BCUT2D eigenvalue weighted by atomic mass is 9.82. The van der Waals surface area contributed by atoms with E-state index >= 15 is 4.39 Å². The Balaban J connectivity index is 1.46. The SMILES string of the molecule is CCC(N=C(N)N(C)C(C=O)S(=O)C1(C)CCN(CC2CC(OC)C2)C1)c1cc(NC(C=O)c2ccc(F)cn2)ccc1F. The summed E-state index contributed by atoms with van der Waals surface area (Å²) < 4.78 is 46.9. The van der Waals surface area contributed by atoms with Crippen molar-refractivity contribution in [3.8, 4) is 0 Å². The molecule has 2 fully saturated rings. The van der Waals surface area contributed by atoms with Gasteiger partial charge in [0, 0.05) is 38.5 Å². The molecule has 1 aliphatic heterocycles. The van der Waals surface area contributed by atoms with Crippen LogP contribution in [0, 0.1) is 17.6 Å². The average Bonchev–Trinajstić information content (AvgIpc) is 3.39. The van der Waals surface area contributed by atoms with E-state index in [0.29, 0.717) is 55.4 Å². The third-order valence-corrected chi connectivity index (χ3v) is 10.8. The lowest BCUT2D eigenvalue weighted by Crippen LogP contribution is -2.51. The molecule has 5 unspecified atom stereocenters. The number of nitrogens with zero attached hydrogens (tertiary/aromatic N) is 4. The van der Waals surface area contributed by atoms with E-state index < -0.39 is 44.6 Å². The Kier molecular flexibility index (Phi) is 11.2. The quantitative estimate of drug-likeness (QED) is 0.182. The number of anilines is 1. The molecule has 10 nitrogen and oxygen atoms in total. The summed E-state index contributed by atoms with van der Waals surface area (Å²) in [5.41, 5.74) is 7.30. The number of nitrogens with two attached hydrogens (primary N) is 1. The molecule has 1 aromatic carbocycles. The summed E-state index contributed by atoms with van der Waals surface area (Å²) in [6.07, 6.45) is 5.72. The third kappa shape index (κ3) is 7.67. The third-order valence-electron chi connectivity index (χ3n) is 8.68. The Morgan fingerprint density at radius 3 is 2.66 bits per heavy atom. The molecule has 0 amide bonds. The fourth-order valence-electron chi connectivity index (χ4n) is 5.88. The van der Waals surface area contributed by atoms with Gasteiger partial charge in [0.25, 0.3) is 0 Å². The smallest absolute Gasteiger partial charge is 0.192 e. The number of halogens is 2. The molecule has 2 heterocycles. The van der Waals surface area contributed by atoms with Crippen LogP contribution in [-0.2, 0) is 25.1 Å². The minimum absolute atomic E-state index is 0.0418. The monoisotopic (exact) mass is 632 g/mol. The topological polar surface area (TPSA) is 130 Å². The Labute approximate surface area is 259 Å². The molecule has 0 radical (unpaired) electrons. The average molecular weight is 633 g/mol. The predicted octanol–water partition coefficient (Wildman–Crippen LogP) is 3.57. The van der Waals surface area contributed by atoms with Crippen LogP contribution < -0.4 is 11.1 Å². The van der Waals surface area contributed by atoms with Crippen LogP contribution in [0.1, 0.15) is 62.9 Å². The van der Waals surface area contributed by atoms with Crippen molar-refractivity contribution in [1.82, 2.24) is 14.8 Å². The summed E-state index contributed by atoms with van der Waals surface area (Å²) in [5.74, 6) is -0.535. The molecular weight excluding hydrogens is 590 g/mol. The largest absolute Gasteiger partial charge is 0.381 e. The number of likely N-dealkylation sites (N-methyl/N-ethyl adjacent to an activating group) is 1. The molecule has 2 aliphatic rings. The number of hydrogen-bond donors (Lipinski definition) is 2. The number of nitrogens with one attached hydrogen (secondary N) is 1. The summed E-state index contributed by atoms with van der Waals surface area (Å²) >= 11 is 0. The van der Waals surface area contributed by atoms with Gasteiger partial charge in [-0.3, -0.25) is 14.0 Å². The van der Waals surface area contributed by atoms with Gasteiger partial charge in [-0.05, 0) is 75.4 Å². The molecule has 1 saturated heterocycles. The first-order valence-corrected chi connectivity index (χ1v) is 16.0. The zero-order valence-corrected chi connectivity index (χ0v) is 26.4. The number of ether oxygens (including phenoxy) is 1. The van der Waals surface area contributed by atoms with Gasteiger partial charge >= 0.3 is 0 Å². The highest BCUT2D eigenvalue weighted by molar-refractivity contribution is 7.87. The molecule has 1 saturated carbocycles. The summed E-state index contributed by atoms with van der Waals surface area (Å²) in [4.78, 5) is 36.2. The first kappa shape index (κ1) is 33.6. The maximum atomic E-state index is 15.1. The fourth-order valence-corrected chi connectivity index (χ4v) is 7.56. The van der Waals surface area contributed by atoms with Crippen molar-refractivity contribution in [1.29, 1.82) is 0 Å². The first-order valence-electron chi connectivity index (χ1n) is 14.8. The molecule has 0 bridgehead atoms. The second-order valence-electron chi connectivity index (χ2n) is 11.9. The number of likely N-dealkylation sites (tertiary alicyclic amines) is 1. The van der Waals surface area contributed by atoms with Crippen molar-refractivity contribution in [3.63, 3.8) is 0 Å². The number of carbonyl (C=O) groups is 2. The van der Waals surface area contributed by atoms with E-state index in [-0.39, 0.29) is 11.5 Å². The van der Waals surface area contributed by atoms with E-state index in [0.717, 1.165) is 32.1 Å². The maximum Gasteiger partial charge on any atom is 0.192 e. The number of hydrogen-bond acceptors (Lipinski definition) is 8. The van der Waals surface area contributed by atoms with Gasteiger partial charge in [0.1, 0.15) is 24.0 Å². The molecule has 1 aliphatic carbocycles. The molecule has 2 aromatic rings. The molecule has 44 heavy (non-hydrogen) atoms. The Hall–Kier alpha value is -3.29. The number of methoxy groups -OCH3 is 1. The number of aldehydes is 2. The maximum absolute atomic E-state index is 15.1. The minimum Gasteiger partial charge on any atom is -0.381 e. The van der Waals surface area contributed by atoms with Gasteiger partial charge in [0.2, 0.25) is 0 Å². The van der Waals surface area contributed by atoms with Crippen molar-refractivity contribution in [2.75, 3.05) is 39.1 Å². The van der Waals surface area contributed by atoms with Gasteiger partial charge in [0.15, 0.2) is 17.6 Å². The molecule has 5 atom stereocenters. The van der Waals surface area contributed by atoms with Crippen LogP contribution >= 0.6 is 0 Å². The number of aliphatic imine (C=N–C) groups is 1. The second-order valence-corrected chi connectivity index (χ2v) is 13.9. The highest BCUT2D eigenvalue weighted by atomic mass is 32.2. The van der Waals surface area contributed by atoms with E-state index in [1.54, 1.807) is 14.2 Å². The number of guanidine groups is 1. The number of benzene rings is 1. The Bertz CT molecular complexity index is 1360. The predicted molar refractivity (Wildman–Crippen MR) is 166 cm³/mol. The van der Waals surface area contributed by atoms with Crippen LogP contribution in [0.2, 0.25) is 0 Å². The lowest BCUT2D eigenvalue weighted by molar-refractivity contribution is -0.109. The van der Waals surface area contributed by atoms with E-state index in [9.17, 15) is 18.2 Å². The van der Waals surface area contributed by atoms with Gasteiger partial charge in [-0.25, -0.2) is 13.8 Å². The molecule has 1 aromatic heterocycles. The Morgan fingerprint density at radius 2 is 2.05 bits per heavy atom. The van der Waals surface area contributed by atoms with Crippen LogP contribution in [0.25, 0.3) is 0 Å². The summed E-state index contributed by atoms with van der Waals surface area (Å²) in [5, 5.41) is 1.96. The van der Waals surface area contributed by atoms with Crippen molar-refractivity contribution < 1.29 is 27.3 Å². The number of rotatable bonds is 14. The second kappa shape index (κ2) is 14.7. The lowest BCUT2D eigenvalue weighted by Gasteiger charge is -2.37. The zero-order valence-electron chi connectivity index (χ0n) is 25.6. The molecule has 3 N–H and O–H groups in total. The minimum atomic E-state index is -1.59. The van der Waals surface area contributed by atoms with Gasteiger partial charge < -0.3 is 30.4 Å². The molecule has 240 valence electrons. The van der Waals surface area contributed by atoms with Crippen LogP contribution in [0.3, 0.4) is 0 Å². The van der Waals surface area contributed by atoms with Crippen molar-refractivity contribution in [2.45, 2.75) is 67.8 Å². The van der Waals surface area contributed by atoms with E-state index in [1.165, 1.54) is 35.2 Å². The molecular formula is C31H42F2N6O4S. The number of carbonyl (C=O) groups excluding carboxylic acids is 2. The van der Waals surface area contributed by atoms with E-state index in [2.05, 4.69) is 20.2 Å². The molecule has 4 rings (SSSR count). The first-order chi connectivity index (χ1) is 21.0. The van der Waals surface area contributed by atoms with Gasteiger partial charge in [-0.1, -0.05) is 6.92 Å². The molecule has 13 heteroatoms. The summed E-state index contributed by atoms with van der Waals surface area (Å²) in [7, 11) is 1.71. The zero-order chi connectivity index (χ0) is 32.0.